The van der Waals surface area contributed by atoms with E-state index in [0.29, 0.717) is 6.54 Å². The first-order chi connectivity index (χ1) is 8.88. The average Bonchev–Trinajstić information content (AvgIpc) is 2.35. The van der Waals surface area contributed by atoms with Crippen molar-refractivity contribution in [2.75, 3.05) is 6.54 Å². The molecule has 8 heteroatoms. The molecule has 19 heavy (non-hydrogen) atoms. The Labute approximate surface area is 111 Å². The average molecular weight is 287 g/mol. The SMILES string of the molecule is CCCNC(=O)C(C)NS(=O)(=O)c1c[nH]ccc1=O. The van der Waals surface area contributed by atoms with Crippen molar-refractivity contribution in [3.8, 4) is 0 Å². The van der Waals surface area contributed by atoms with E-state index in [-0.39, 0.29) is 0 Å². The van der Waals surface area contributed by atoms with E-state index >= 15 is 0 Å². The molecular weight excluding hydrogens is 270 g/mol. The van der Waals surface area contributed by atoms with Crippen LogP contribution < -0.4 is 15.5 Å². The third-order valence-corrected chi connectivity index (χ3v) is 3.91. The first-order valence-corrected chi connectivity index (χ1v) is 7.34. The molecule has 1 heterocycles. The minimum absolute atomic E-state index is 0.412. The minimum Gasteiger partial charge on any atom is -0.366 e. The quantitative estimate of drug-likeness (QED) is 0.659. The van der Waals surface area contributed by atoms with Crippen LogP contribution in [0.5, 0.6) is 0 Å². The highest BCUT2D eigenvalue weighted by Crippen LogP contribution is 2.01. The molecule has 3 N–H and O–H groups in total. The van der Waals surface area contributed by atoms with E-state index in [4.69, 9.17) is 0 Å². The zero-order valence-electron chi connectivity index (χ0n) is 10.8. The van der Waals surface area contributed by atoms with Crippen LogP contribution in [0.4, 0.5) is 0 Å². The number of H-pyrrole nitrogens is 1. The van der Waals surface area contributed by atoms with Crippen molar-refractivity contribution in [3.63, 3.8) is 0 Å². The molecule has 0 saturated carbocycles. The summed E-state index contributed by atoms with van der Waals surface area (Å²) in [6.45, 7) is 3.77. The molecule has 1 amide bonds. The fourth-order valence-corrected chi connectivity index (χ4v) is 2.62. The molecule has 0 aliphatic rings. The van der Waals surface area contributed by atoms with Crippen LogP contribution in [0.15, 0.2) is 28.2 Å². The number of sulfonamides is 1. The zero-order chi connectivity index (χ0) is 14.5. The Bertz CT molecular complexity index is 594. The fraction of sp³-hybridized carbons (Fsp3) is 0.455. The number of nitrogens with one attached hydrogen (secondary N) is 3. The maximum atomic E-state index is 11.9. The van der Waals surface area contributed by atoms with E-state index in [1.807, 2.05) is 6.92 Å². The van der Waals surface area contributed by atoms with E-state index in [0.717, 1.165) is 18.7 Å². The molecule has 0 radical (unpaired) electrons. The number of pyridine rings is 1. The topological polar surface area (TPSA) is 108 Å². The molecule has 0 bridgehead atoms. The Morgan fingerprint density at radius 2 is 2.16 bits per heavy atom. The van der Waals surface area contributed by atoms with Gasteiger partial charge >= 0.3 is 0 Å². The lowest BCUT2D eigenvalue weighted by atomic mass is 10.3. The lowest BCUT2D eigenvalue weighted by Gasteiger charge is -2.13. The predicted octanol–water partition coefficient (Wildman–Crippen LogP) is -0.432. The van der Waals surface area contributed by atoms with Crippen LogP contribution in [-0.2, 0) is 14.8 Å². The van der Waals surface area contributed by atoms with Gasteiger partial charge in [0.15, 0.2) is 0 Å². The molecule has 7 nitrogen and oxygen atoms in total. The molecular formula is C11H17N3O4S. The molecule has 1 aromatic heterocycles. The van der Waals surface area contributed by atoms with Gasteiger partial charge in [0, 0.05) is 25.0 Å². The Kier molecular flexibility index (Phi) is 5.25. The second kappa shape index (κ2) is 6.48. The van der Waals surface area contributed by atoms with Crippen LogP contribution in [-0.4, -0.2) is 31.9 Å². The number of hydrogen-bond acceptors (Lipinski definition) is 4. The Morgan fingerprint density at radius 3 is 2.74 bits per heavy atom. The van der Waals surface area contributed by atoms with Gasteiger partial charge < -0.3 is 10.3 Å². The van der Waals surface area contributed by atoms with Gasteiger partial charge in [-0.25, -0.2) is 8.42 Å². The molecule has 0 saturated heterocycles. The van der Waals surface area contributed by atoms with Gasteiger partial charge in [0.2, 0.25) is 21.4 Å². The molecule has 0 aliphatic carbocycles. The lowest BCUT2D eigenvalue weighted by molar-refractivity contribution is -0.122. The van der Waals surface area contributed by atoms with Gasteiger partial charge in [-0.15, -0.1) is 0 Å². The maximum Gasteiger partial charge on any atom is 0.246 e. The Morgan fingerprint density at radius 1 is 1.47 bits per heavy atom. The molecule has 0 spiro atoms. The molecule has 0 aliphatic heterocycles. The summed E-state index contributed by atoms with van der Waals surface area (Å²) in [5.74, 6) is -0.433. The van der Waals surface area contributed by atoms with Crippen LogP contribution in [0.25, 0.3) is 0 Å². The Balaban J connectivity index is 2.84. The smallest absolute Gasteiger partial charge is 0.246 e. The highest BCUT2D eigenvalue weighted by atomic mass is 32.2. The molecule has 106 valence electrons. The van der Waals surface area contributed by atoms with Crippen LogP contribution in [0.2, 0.25) is 0 Å². The molecule has 1 unspecified atom stereocenters. The molecule has 1 atom stereocenters. The van der Waals surface area contributed by atoms with Crippen molar-refractivity contribution in [1.29, 1.82) is 0 Å². The minimum atomic E-state index is -4.01. The predicted molar refractivity (Wildman–Crippen MR) is 70.1 cm³/mol. The third kappa shape index (κ3) is 4.18. The van der Waals surface area contributed by atoms with Crippen LogP contribution >= 0.6 is 0 Å². The summed E-state index contributed by atoms with van der Waals surface area (Å²) in [5, 5.41) is 2.57. The van der Waals surface area contributed by atoms with E-state index in [1.165, 1.54) is 13.1 Å². The zero-order valence-corrected chi connectivity index (χ0v) is 11.6. The van der Waals surface area contributed by atoms with Gasteiger partial charge in [0.05, 0.1) is 6.04 Å². The standard InChI is InChI=1S/C11H17N3O4S/c1-3-5-13-11(16)8(2)14-19(17,18)10-7-12-6-4-9(10)15/h4,6-8,14H,3,5H2,1-2H3,(H,12,15)(H,13,16). The number of carbonyl (C=O) groups excluding carboxylic acids is 1. The summed E-state index contributed by atoms with van der Waals surface area (Å²) in [6.07, 6.45) is 3.17. The number of hydrogen-bond donors (Lipinski definition) is 3. The van der Waals surface area contributed by atoms with Crippen molar-refractivity contribution in [1.82, 2.24) is 15.0 Å². The summed E-state index contributed by atoms with van der Waals surface area (Å²) in [7, 11) is -4.01. The van der Waals surface area contributed by atoms with Gasteiger partial charge in [-0.1, -0.05) is 6.92 Å². The van der Waals surface area contributed by atoms with E-state index in [2.05, 4.69) is 15.0 Å². The molecule has 1 aromatic rings. The van der Waals surface area contributed by atoms with Crippen molar-refractivity contribution in [3.05, 3.63) is 28.7 Å². The van der Waals surface area contributed by atoms with Crippen molar-refractivity contribution in [2.45, 2.75) is 31.2 Å². The van der Waals surface area contributed by atoms with Crippen LogP contribution in [0.1, 0.15) is 20.3 Å². The van der Waals surface area contributed by atoms with E-state index in [9.17, 15) is 18.0 Å². The highest BCUT2D eigenvalue weighted by Gasteiger charge is 2.23. The number of aromatic amines is 1. The molecule has 0 fully saturated rings. The Hall–Kier alpha value is -1.67. The largest absolute Gasteiger partial charge is 0.366 e. The number of amides is 1. The summed E-state index contributed by atoms with van der Waals surface area (Å²) >= 11 is 0. The van der Waals surface area contributed by atoms with Gasteiger partial charge in [-0.05, 0) is 13.3 Å². The van der Waals surface area contributed by atoms with Gasteiger partial charge in [-0.2, -0.15) is 4.72 Å². The van der Waals surface area contributed by atoms with Gasteiger partial charge in [-0.3, -0.25) is 9.59 Å². The van der Waals surface area contributed by atoms with Gasteiger partial charge in [0.1, 0.15) is 4.90 Å². The molecule has 1 rings (SSSR count). The van der Waals surface area contributed by atoms with Crippen molar-refractivity contribution >= 4 is 15.9 Å². The second-order valence-electron chi connectivity index (χ2n) is 4.01. The highest BCUT2D eigenvalue weighted by molar-refractivity contribution is 7.89. The lowest BCUT2D eigenvalue weighted by Crippen LogP contribution is -2.45. The third-order valence-electron chi connectivity index (χ3n) is 2.35. The number of rotatable bonds is 6. The maximum absolute atomic E-state index is 11.9. The number of carbonyl (C=O) groups is 1. The second-order valence-corrected chi connectivity index (χ2v) is 5.69. The number of aromatic nitrogens is 1. The monoisotopic (exact) mass is 287 g/mol. The van der Waals surface area contributed by atoms with Crippen molar-refractivity contribution in [2.24, 2.45) is 0 Å². The van der Waals surface area contributed by atoms with Crippen molar-refractivity contribution < 1.29 is 13.2 Å². The van der Waals surface area contributed by atoms with E-state index in [1.54, 1.807) is 0 Å². The fourth-order valence-electron chi connectivity index (χ4n) is 1.36. The summed E-state index contributed by atoms with van der Waals surface area (Å²) in [4.78, 5) is 25.1. The van der Waals surface area contributed by atoms with E-state index < -0.39 is 32.3 Å². The summed E-state index contributed by atoms with van der Waals surface area (Å²) < 4.78 is 26.0. The summed E-state index contributed by atoms with van der Waals surface area (Å²) in [5.41, 5.74) is -0.632. The normalized spacial score (nSPS) is 12.9. The van der Waals surface area contributed by atoms with Crippen LogP contribution in [0, 0.1) is 0 Å². The van der Waals surface area contributed by atoms with Gasteiger partial charge in [0.25, 0.3) is 0 Å². The van der Waals surface area contributed by atoms with Crippen LogP contribution in [0.3, 0.4) is 0 Å². The first-order valence-electron chi connectivity index (χ1n) is 5.85. The first kappa shape index (κ1) is 15.4. The molecule has 0 aromatic carbocycles. The summed E-state index contributed by atoms with van der Waals surface area (Å²) in [6, 6.07) is 0.160.